The Labute approximate surface area is 229 Å². The molecule has 0 spiro atoms. The SMILES string of the molecule is CN1CCN(c2cncc3[nH]c(-c4n[nH]c5ccc(-c6cncc(CCCN7CCCC7)c6)cc45)cc23)CC1. The second-order valence-corrected chi connectivity index (χ2v) is 11.2. The standard InChI is InChI=1S/C31H36N8/c1-37-11-13-39(14-12-37)30-21-33-20-29-25(30)17-28(34-29)31-26-16-23(6-7-27(26)35-36-31)24-15-22(18-32-19-24)5-4-10-38-8-2-3-9-38/h6-7,15-21,34H,2-5,8-14H2,1H3,(H,35,36). The summed E-state index contributed by atoms with van der Waals surface area (Å²) in [7, 11) is 2.18. The van der Waals surface area contributed by atoms with Gasteiger partial charge in [-0.25, -0.2) is 0 Å². The molecule has 1 aromatic carbocycles. The van der Waals surface area contributed by atoms with Crippen molar-refractivity contribution in [3.63, 3.8) is 0 Å². The van der Waals surface area contributed by atoms with Gasteiger partial charge in [0.15, 0.2) is 0 Å². The van der Waals surface area contributed by atoms with Gasteiger partial charge in [0.2, 0.25) is 0 Å². The number of H-pyrrole nitrogens is 2. The van der Waals surface area contributed by atoms with Gasteiger partial charge in [0.25, 0.3) is 0 Å². The van der Waals surface area contributed by atoms with Crippen molar-refractivity contribution < 1.29 is 0 Å². The first-order chi connectivity index (χ1) is 19.2. The summed E-state index contributed by atoms with van der Waals surface area (Å²) in [5, 5.41) is 10.3. The Morgan fingerprint density at radius 2 is 1.64 bits per heavy atom. The van der Waals surface area contributed by atoms with E-state index >= 15 is 0 Å². The van der Waals surface area contributed by atoms with Crippen molar-refractivity contribution in [2.75, 3.05) is 57.8 Å². The molecule has 4 aromatic heterocycles. The summed E-state index contributed by atoms with van der Waals surface area (Å²) in [5.41, 5.74) is 8.82. The quantitative estimate of drug-likeness (QED) is 0.316. The number of anilines is 1. The lowest BCUT2D eigenvalue weighted by molar-refractivity contribution is 0.313. The number of rotatable bonds is 7. The molecule has 0 atom stereocenters. The summed E-state index contributed by atoms with van der Waals surface area (Å²) in [5.74, 6) is 0. The number of aromatic amines is 2. The van der Waals surface area contributed by atoms with E-state index in [1.165, 1.54) is 55.5 Å². The molecule has 2 aliphatic rings. The highest BCUT2D eigenvalue weighted by Gasteiger charge is 2.19. The van der Waals surface area contributed by atoms with E-state index in [-0.39, 0.29) is 0 Å². The van der Waals surface area contributed by atoms with Crippen LogP contribution in [0.5, 0.6) is 0 Å². The van der Waals surface area contributed by atoms with Gasteiger partial charge in [-0.05, 0) is 87.8 Å². The molecule has 6 heterocycles. The van der Waals surface area contributed by atoms with Crippen molar-refractivity contribution in [2.45, 2.75) is 25.7 Å². The third kappa shape index (κ3) is 4.90. The van der Waals surface area contributed by atoms with Crippen molar-refractivity contribution >= 4 is 27.5 Å². The fourth-order valence-corrected chi connectivity index (χ4v) is 6.16. The molecule has 7 rings (SSSR count). The van der Waals surface area contributed by atoms with Crippen LogP contribution < -0.4 is 4.90 Å². The van der Waals surface area contributed by atoms with Gasteiger partial charge in [-0.3, -0.25) is 15.1 Å². The van der Waals surface area contributed by atoms with Gasteiger partial charge in [-0.2, -0.15) is 5.10 Å². The fraction of sp³-hybridized carbons (Fsp3) is 0.387. The first kappa shape index (κ1) is 24.3. The summed E-state index contributed by atoms with van der Waals surface area (Å²) >= 11 is 0. The van der Waals surface area contributed by atoms with Crippen LogP contribution >= 0.6 is 0 Å². The van der Waals surface area contributed by atoms with Crippen LogP contribution in [0.4, 0.5) is 5.69 Å². The lowest BCUT2D eigenvalue weighted by Crippen LogP contribution is -2.44. The van der Waals surface area contributed by atoms with Gasteiger partial charge in [0.1, 0.15) is 5.69 Å². The normalized spacial score (nSPS) is 17.1. The lowest BCUT2D eigenvalue weighted by atomic mass is 10.0. The summed E-state index contributed by atoms with van der Waals surface area (Å²) in [6.45, 7) is 7.86. The van der Waals surface area contributed by atoms with Crippen molar-refractivity contribution in [2.24, 2.45) is 0 Å². The molecule has 0 radical (unpaired) electrons. The van der Waals surface area contributed by atoms with Crippen LogP contribution in [0.3, 0.4) is 0 Å². The van der Waals surface area contributed by atoms with Crippen LogP contribution in [-0.2, 0) is 6.42 Å². The average Bonchev–Trinajstić information content (AvgIpc) is 3.73. The molecule has 2 saturated heterocycles. The van der Waals surface area contributed by atoms with E-state index in [2.05, 4.69) is 72.1 Å². The predicted molar refractivity (Wildman–Crippen MR) is 158 cm³/mol. The smallest absolute Gasteiger partial charge is 0.116 e. The number of pyridine rings is 2. The highest BCUT2D eigenvalue weighted by molar-refractivity contribution is 6.00. The van der Waals surface area contributed by atoms with Crippen LogP contribution in [0.25, 0.3) is 44.3 Å². The van der Waals surface area contributed by atoms with Crippen LogP contribution in [0.15, 0.2) is 55.1 Å². The van der Waals surface area contributed by atoms with E-state index in [9.17, 15) is 0 Å². The minimum Gasteiger partial charge on any atom is -0.367 e. The van der Waals surface area contributed by atoms with Gasteiger partial charge >= 0.3 is 0 Å². The van der Waals surface area contributed by atoms with E-state index < -0.39 is 0 Å². The molecule has 8 heteroatoms. The van der Waals surface area contributed by atoms with Crippen LogP contribution in [0.2, 0.25) is 0 Å². The van der Waals surface area contributed by atoms with Crippen LogP contribution in [0.1, 0.15) is 24.8 Å². The van der Waals surface area contributed by atoms with E-state index in [1.54, 1.807) is 0 Å². The number of likely N-dealkylation sites (N-methyl/N-ethyl adjacent to an activating group) is 1. The van der Waals surface area contributed by atoms with Crippen molar-refractivity contribution in [3.05, 3.63) is 60.7 Å². The lowest BCUT2D eigenvalue weighted by Gasteiger charge is -2.34. The monoisotopic (exact) mass is 520 g/mol. The molecule has 0 amide bonds. The number of aryl methyl sites for hydroxylation is 1. The second kappa shape index (κ2) is 10.4. The molecule has 5 aromatic rings. The zero-order valence-corrected chi connectivity index (χ0v) is 22.7. The molecule has 2 fully saturated rings. The molecule has 0 unspecified atom stereocenters. The number of hydrogen-bond donors (Lipinski definition) is 2. The van der Waals surface area contributed by atoms with E-state index in [1.807, 2.05) is 24.8 Å². The van der Waals surface area contributed by atoms with Gasteiger partial charge < -0.3 is 19.7 Å². The van der Waals surface area contributed by atoms with Gasteiger partial charge in [-0.15, -0.1) is 0 Å². The number of aromatic nitrogens is 5. The maximum atomic E-state index is 4.73. The molecule has 200 valence electrons. The largest absolute Gasteiger partial charge is 0.367 e. The molecule has 0 saturated carbocycles. The number of likely N-dealkylation sites (tertiary alicyclic amines) is 1. The summed E-state index contributed by atoms with van der Waals surface area (Å²) in [6, 6.07) is 11.1. The van der Waals surface area contributed by atoms with Crippen molar-refractivity contribution in [3.8, 4) is 22.5 Å². The Morgan fingerprint density at radius 3 is 2.51 bits per heavy atom. The van der Waals surface area contributed by atoms with Crippen LogP contribution in [-0.4, -0.2) is 87.8 Å². The first-order valence-electron chi connectivity index (χ1n) is 14.3. The van der Waals surface area contributed by atoms with E-state index in [4.69, 9.17) is 5.10 Å². The Kier molecular flexibility index (Phi) is 6.50. The number of nitrogens with zero attached hydrogens (tertiary/aromatic N) is 6. The van der Waals surface area contributed by atoms with E-state index in [0.717, 1.165) is 71.5 Å². The van der Waals surface area contributed by atoms with Crippen molar-refractivity contribution in [1.82, 2.24) is 34.9 Å². The molecular formula is C31H36N8. The first-order valence-corrected chi connectivity index (χ1v) is 14.3. The topological polar surface area (TPSA) is 80.0 Å². The second-order valence-electron chi connectivity index (χ2n) is 11.2. The molecule has 2 N–H and O–H groups in total. The molecule has 0 bridgehead atoms. The highest BCUT2D eigenvalue weighted by Crippen LogP contribution is 2.34. The summed E-state index contributed by atoms with van der Waals surface area (Å²) < 4.78 is 0. The molecule has 2 aliphatic heterocycles. The molecular weight excluding hydrogens is 484 g/mol. The molecule has 39 heavy (non-hydrogen) atoms. The summed E-state index contributed by atoms with van der Waals surface area (Å²) in [6.07, 6.45) is 12.9. The van der Waals surface area contributed by atoms with Crippen molar-refractivity contribution in [1.29, 1.82) is 0 Å². The number of nitrogens with one attached hydrogen (secondary N) is 2. The predicted octanol–water partition coefficient (Wildman–Crippen LogP) is 4.95. The Hall–Kier alpha value is -3.75. The number of hydrogen-bond acceptors (Lipinski definition) is 6. The maximum Gasteiger partial charge on any atom is 0.116 e. The summed E-state index contributed by atoms with van der Waals surface area (Å²) in [4.78, 5) is 20.1. The Morgan fingerprint density at radius 1 is 0.795 bits per heavy atom. The average molecular weight is 521 g/mol. The third-order valence-corrected chi connectivity index (χ3v) is 8.45. The molecule has 8 nitrogen and oxygen atoms in total. The Bertz CT molecular complexity index is 1590. The number of benzene rings is 1. The Balaban J connectivity index is 1.17. The fourth-order valence-electron chi connectivity index (χ4n) is 6.16. The third-order valence-electron chi connectivity index (χ3n) is 8.45. The minimum atomic E-state index is 0.933. The van der Waals surface area contributed by atoms with Gasteiger partial charge in [0, 0.05) is 54.9 Å². The zero-order valence-electron chi connectivity index (χ0n) is 22.7. The van der Waals surface area contributed by atoms with Crippen LogP contribution in [0, 0.1) is 0 Å². The number of piperazine rings is 1. The maximum absolute atomic E-state index is 4.73. The zero-order chi connectivity index (χ0) is 26.2. The highest BCUT2D eigenvalue weighted by atomic mass is 15.3. The number of fused-ring (bicyclic) bond motifs is 2. The molecule has 0 aliphatic carbocycles. The van der Waals surface area contributed by atoms with E-state index in [0.29, 0.717) is 0 Å². The van der Waals surface area contributed by atoms with Gasteiger partial charge in [-0.1, -0.05) is 6.07 Å². The minimum absolute atomic E-state index is 0.933. The van der Waals surface area contributed by atoms with Gasteiger partial charge in [0.05, 0.1) is 34.8 Å².